The Balaban J connectivity index is 2.50. The van der Waals surface area contributed by atoms with E-state index in [-0.39, 0.29) is 6.54 Å². The quantitative estimate of drug-likeness (QED) is 0.839. The highest BCUT2D eigenvalue weighted by molar-refractivity contribution is 5.42. The summed E-state index contributed by atoms with van der Waals surface area (Å²) in [6, 6.07) is 2.91. The van der Waals surface area contributed by atoms with E-state index in [0.29, 0.717) is 17.2 Å². The van der Waals surface area contributed by atoms with Gasteiger partial charge in [-0.05, 0) is 0 Å². The van der Waals surface area contributed by atoms with Crippen molar-refractivity contribution in [1.29, 1.82) is 0 Å². The van der Waals surface area contributed by atoms with E-state index < -0.39 is 11.2 Å². The maximum Gasteiger partial charge on any atom is 0.328 e. The zero-order chi connectivity index (χ0) is 13.8. The first-order valence-electron chi connectivity index (χ1n) is 5.51. The molecule has 0 amide bonds. The third kappa shape index (κ3) is 2.49. The SMILES string of the molecule is COc1ccnc(Cn2c(=O)cc[nH]c2=O)c1OC. The van der Waals surface area contributed by atoms with Crippen molar-refractivity contribution in [3.63, 3.8) is 0 Å². The summed E-state index contributed by atoms with van der Waals surface area (Å²) >= 11 is 0. The molecule has 19 heavy (non-hydrogen) atoms. The molecule has 0 aromatic carbocycles. The summed E-state index contributed by atoms with van der Waals surface area (Å²) in [5, 5.41) is 0. The van der Waals surface area contributed by atoms with Crippen LogP contribution < -0.4 is 20.7 Å². The second kappa shape index (κ2) is 5.38. The summed E-state index contributed by atoms with van der Waals surface area (Å²) in [5.74, 6) is 0.896. The number of hydrogen-bond donors (Lipinski definition) is 1. The third-order valence-electron chi connectivity index (χ3n) is 2.62. The first-order valence-corrected chi connectivity index (χ1v) is 5.51. The number of rotatable bonds is 4. The van der Waals surface area contributed by atoms with Gasteiger partial charge in [0.1, 0.15) is 5.69 Å². The highest BCUT2D eigenvalue weighted by Crippen LogP contribution is 2.28. The van der Waals surface area contributed by atoms with Gasteiger partial charge in [0.15, 0.2) is 11.5 Å². The van der Waals surface area contributed by atoms with Crippen LogP contribution in [0.3, 0.4) is 0 Å². The van der Waals surface area contributed by atoms with Gasteiger partial charge in [-0.15, -0.1) is 0 Å². The monoisotopic (exact) mass is 263 g/mol. The molecular weight excluding hydrogens is 250 g/mol. The minimum absolute atomic E-state index is 0.00931. The number of H-pyrrole nitrogens is 1. The number of nitrogens with one attached hydrogen (secondary N) is 1. The van der Waals surface area contributed by atoms with Gasteiger partial charge in [-0.3, -0.25) is 14.3 Å². The van der Waals surface area contributed by atoms with Crippen LogP contribution in [0.5, 0.6) is 11.5 Å². The Morgan fingerprint density at radius 2 is 2.05 bits per heavy atom. The van der Waals surface area contributed by atoms with Crippen LogP contribution in [0.2, 0.25) is 0 Å². The summed E-state index contributed by atoms with van der Waals surface area (Å²) in [6.07, 6.45) is 2.83. The summed E-state index contributed by atoms with van der Waals surface area (Å²) in [7, 11) is 2.98. The first-order chi connectivity index (χ1) is 9.17. The molecule has 0 saturated heterocycles. The van der Waals surface area contributed by atoms with Crippen molar-refractivity contribution < 1.29 is 9.47 Å². The minimum Gasteiger partial charge on any atom is -0.493 e. The van der Waals surface area contributed by atoms with Gasteiger partial charge in [0.2, 0.25) is 0 Å². The fourth-order valence-corrected chi connectivity index (χ4v) is 1.71. The standard InChI is InChI=1S/C12H13N3O4/c1-18-9-3-5-13-8(11(9)19-2)7-15-10(16)4-6-14-12(15)17/h3-6H,7H2,1-2H3,(H,14,17). The van der Waals surface area contributed by atoms with E-state index in [1.807, 2.05) is 0 Å². The summed E-state index contributed by atoms with van der Waals surface area (Å²) in [6.45, 7) is 0.00931. The van der Waals surface area contributed by atoms with E-state index >= 15 is 0 Å². The molecule has 7 heteroatoms. The molecule has 100 valence electrons. The lowest BCUT2D eigenvalue weighted by Gasteiger charge is -2.11. The Labute approximate surface area is 108 Å². The molecule has 1 N–H and O–H groups in total. The van der Waals surface area contributed by atoms with E-state index in [4.69, 9.17) is 9.47 Å². The zero-order valence-electron chi connectivity index (χ0n) is 10.5. The van der Waals surface area contributed by atoms with Crippen molar-refractivity contribution in [3.8, 4) is 11.5 Å². The molecule has 0 saturated carbocycles. The lowest BCUT2D eigenvalue weighted by molar-refractivity contribution is 0.348. The van der Waals surface area contributed by atoms with Gasteiger partial charge in [-0.2, -0.15) is 0 Å². The van der Waals surface area contributed by atoms with Crippen LogP contribution in [0.15, 0.2) is 34.1 Å². The molecule has 0 atom stereocenters. The lowest BCUT2D eigenvalue weighted by atomic mass is 10.3. The van der Waals surface area contributed by atoms with Crippen LogP contribution in [-0.4, -0.2) is 28.8 Å². The second-order valence-electron chi connectivity index (χ2n) is 3.70. The maximum absolute atomic E-state index is 11.6. The molecule has 2 heterocycles. The van der Waals surface area contributed by atoms with Gasteiger partial charge < -0.3 is 14.5 Å². The van der Waals surface area contributed by atoms with Crippen LogP contribution in [0.4, 0.5) is 0 Å². The van der Waals surface area contributed by atoms with E-state index in [9.17, 15) is 9.59 Å². The predicted octanol–water partition coefficient (Wildman–Crippen LogP) is -0.00290. The van der Waals surface area contributed by atoms with Crippen LogP contribution in [0.1, 0.15) is 5.69 Å². The Morgan fingerprint density at radius 3 is 2.68 bits per heavy atom. The Kier molecular flexibility index (Phi) is 3.65. The number of aromatic nitrogens is 3. The van der Waals surface area contributed by atoms with Crippen molar-refractivity contribution in [3.05, 3.63) is 51.1 Å². The minimum atomic E-state index is -0.501. The van der Waals surface area contributed by atoms with Crippen molar-refractivity contribution in [2.24, 2.45) is 0 Å². The van der Waals surface area contributed by atoms with Crippen LogP contribution >= 0.6 is 0 Å². The number of hydrogen-bond acceptors (Lipinski definition) is 5. The summed E-state index contributed by atoms with van der Waals surface area (Å²) in [4.78, 5) is 29.8. The highest BCUT2D eigenvalue weighted by atomic mass is 16.5. The number of methoxy groups -OCH3 is 2. The average molecular weight is 263 g/mol. The molecule has 0 aliphatic rings. The van der Waals surface area contributed by atoms with Crippen molar-refractivity contribution in [1.82, 2.24) is 14.5 Å². The van der Waals surface area contributed by atoms with Gasteiger partial charge in [0, 0.05) is 24.5 Å². The normalized spacial score (nSPS) is 10.2. The summed E-state index contributed by atoms with van der Waals surface area (Å²) < 4.78 is 11.4. The van der Waals surface area contributed by atoms with Gasteiger partial charge in [0.25, 0.3) is 5.56 Å². The lowest BCUT2D eigenvalue weighted by Crippen LogP contribution is -2.34. The molecule has 2 aromatic heterocycles. The van der Waals surface area contributed by atoms with Gasteiger partial charge in [0.05, 0.1) is 20.8 Å². The molecule has 2 rings (SSSR count). The number of pyridine rings is 1. The van der Waals surface area contributed by atoms with Crippen LogP contribution in [-0.2, 0) is 6.54 Å². The fraction of sp³-hybridized carbons (Fsp3) is 0.250. The predicted molar refractivity (Wildman–Crippen MR) is 67.8 cm³/mol. The largest absolute Gasteiger partial charge is 0.493 e. The van der Waals surface area contributed by atoms with Crippen molar-refractivity contribution in [2.45, 2.75) is 6.54 Å². The molecule has 0 unspecified atom stereocenters. The van der Waals surface area contributed by atoms with Gasteiger partial charge in [-0.1, -0.05) is 0 Å². The fourth-order valence-electron chi connectivity index (χ4n) is 1.71. The molecule has 2 aromatic rings. The Bertz CT molecular complexity index is 662. The van der Waals surface area contributed by atoms with Crippen LogP contribution in [0.25, 0.3) is 0 Å². The molecule has 7 nitrogen and oxygen atoms in total. The topological polar surface area (TPSA) is 86.2 Å². The molecule has 0 aliphatic carbocycles. The Hall–Kier alpha value is -2.57. The third-order valence-corrected chi connectivity index (χ3v) is 2.62. The molecule has 0 radical (unpaired) electrons. The zero-order valence-corrected chi connectivity index (χ0v) is 10.5. The molecule has 0 fully saturated rings. The van der Waals surface area contributed by atoms with E-state index in [0.717, 1.165) is 4.57 Å². The van der Waals surface area contributed by atoms with Crippen LogP contribution in [0, 0.1) is 0 Å². The number of nitrogens with zero attached hydrogens (tertiary/aromatic N) is 2. The van der Waals surface area contributed by atoms with Gasteiger partial charge in [-0.25, -0.2) is 4.79 Å². The Morgan fingerprint density at radius 1 is 1.26 bits per heavy atom. The number of ether oxygens (including phenoxy) is 2. The van der Waals surface area contributed by atoms with Gasteiger partial charge >= 0.3 is 5.69 Å². The molecule has 0 bridgehead atoms. The van der Waals surface area contributed by atoms with Crippen molar-refractivity contribution in [2.75, 3.05) is 14.2 Å². The van der Waals surface area contributed by atoms with Crippen molar-refractivity contribution >= 4 is 0 Å². The molecule has 0 spiro atoms. The summed E-state index contributed by atoms with van der Waals surface area (Å²) in [5.41, 5.74) is -0.463. The van der Waals surface area contributed by atoms with E-state index in [2.05, 4.69) is 9.97 Å². The first kappa shape index (κ1) is 12.9. The second-order valence-corrected chi connectivity index (χ2v) is 3.70. The maximum atomic E-state index is 11.6. The van der Waals surface area contributed by atoms with E-state index in [1.165, 1.54) is 32.7 Å². The molecule has 0 aliphatic heterocycles. The smallest absolute Gasteiger partial charge is 0.328 e. The highest BCUT2D eigenvalue weighted by Gasteiger charge is 2.13. The van der Waals surface area contributed by atoms with E-state index in [1.54, 1.807) is 6.07 Å². The molecular formula is C12H13N3O4. The average Bonchev–Trinajstić information content (AvgIpc) is 2.42. The number of aromatic amines is 1.